The Morgan fingerprint density at radius 1 is 1.43 bits per heavy atom. The van der Waals surface area contributed by atoms with Crippen LogP contribution in [-0.2, 0) is 10.3 Å². The Balaban J connectivity index is 3.06. The quantitative estimate of drug-likeness (QED) is 0.746. The number of hydrogen-bond donors (Lipinski definition) is 2. The highest BCUT2D eigenvalue weighted by atomic mass is 35.5. The van der Waals surface area contributed by atoms with E-state index in [1.54, 1.807) is 24.3 Å². The Bertz CT molecular complexity index is 315. The molecule has 76 valence electrons. The molecule has 1 aromatic rings. The number of alkyl halides is 1. The molecule has 0 bridgehead atoms. The minimum Gasteiger partial charge on any atom is -0.480 e. The van der Waals surface area contributed by atoms with Crippen molar-refractivity contribution in [3.05, 3.63) is 35.9 Å². The minimum atomic E-state index is -1.37. The first kappa shape index (κ1) is 11.0. The molecular formula is C10H12ClNO2. The topological polar surface area (TPSA) is 63.3 Å². The van der Waals surface area contributed by atoms with Crippen LogP contribution in [0.3, 0.4) is 0 Å². The van der Waals surface area contributed by atoms with Gasteiger partial charge in [0.05, 0.1) is 0 Å². The van der Waals surface area contributed by atoms with Gasteiger partial charge in [-0.2, -0.15) is 0 Å². The Kier molecular flexibility index (Phi) is 3.49. The van der Waals surface area contributed by atoms with Crippen LogP contribution in [0.1, 0.15) is 12.0 Å². The third-order valence-electron chi connectivity index (χ3n) is 2.16. The molecular weight excluding hydrogens is 202 g/mol. The summed E-state index contributed by atoms with van der Waals surface area (Å²) in [7, 11) is 0. The van der Waals surface area contributed by atoms with Gasteiger partial charge in [-0.25, -0.2) is 4.79 Å². The fourth-order valence-corrected chi connectivity index (χ4v) is 1.56. The van der Waals surface area contributed by atoms with Crippen molar-refractivity contribution in [2.24, 2.45) is 5.73 Å². The van der Waals surface area contributed by atoms with Gasteiger partial charge in [0.15, 0.2) is 0 Å². The Morgan fingerprint density at radius 3 is 2.43 bits per heavy atom. The number of carbonyl (C=O) groups is 1. The normalized spacial score (nSPS) is 14.7. The van der Waals surface area contributed by atoms with Gasteiger partial charge in [-0.15, -0.1) is 11.6 Å². The number of nitrogens with two attached hydrogens (primary N) is 1. The first-order chi connectivity index (χ1) is 6.61. The van der Waals surface area contributed by atoms with E-state index in [9.17, 15) is 4.79 Å². The van der Waals surface area contributed by atoms with Gasteiger partial charge in [-0.05, 0) is 12.0 Å². The maximum atomic E-state index is 11.0. The molecule has 1 aromatic carbocycles. The molecule has 4 heteroatoms. The predicted molar refractivity (Wildman–Crippen MR) is 55.3 cm³/mol. The summed E-state index contributed by atoms with van der Waals surface area (Å²) in [5.74, 6) is -0.832. The van der Waals surface area contributed by atoms with Crippen LogP contribution in [0.5, 0.6) is 0 Å². The van der Waals surface area contributed by atoms with Gasteiger partial charge >= 0.3 is 5.97 Å². The molecule has 1 atom stereocenters. The van der Waals surface area contributed by atoms with Gasteiger partial charge in [0.1, 0.15) is 5.54 Å². The van der Waals surface area contributed by atoms with Crippen LogP contribution in [0.25, 0.3) is 0 Å². The summed E-state index contributed by atoms with van der Waals surface area (Å²) < 4.78 is 0. The highest BCUT2D eigenvalue weighted by molar-refractivity contribution is 6.18. The number of carboxylic acids is 1. The van der Waals surface area contributed by atoms with Crippen molar-refractivity contribution >= 4 is 17.6 Å². The van der Waals surface area contributed by atoms with Gasteiger partial charge in [0.2, 0.25) is 0 Å². The van der Waals surface area contributed by atoms with Gasteiger partial charge in [-0.1, -0.05) is 30.3 Å². The second-order valence-electron chi connectivity index (χ2n) is 3.08. The second kappa shape index (κ2) is 4.44. The lowest BCUT2D eigenvalue weighted by atomic mass is 9.88. The monoisotopic (exact) mass is 213 g/mol. The molecule has 1 unspecified atom stereocenters. The van der Waals surface area contributed by atoms with E-state index in [2.05, 4.69) is 0 Å². The van der Waals surface area contributed by atoms with E-state index in [0.29, 0.717) is 5.56 Å². The number of benzene rings is 1. The van der Waals surface area contributed by atoms with Crippen LogP contribution in [0.15, 0.2) is 30.3 Å². The van der Waals surface area contributed by atoms with Crippen LogP contribution >= 0.6 is 11.6 Å². The molecule has 0 aliphatic heterocycles. The highest BCUT2D eigenvalue weighted by Crippen LogP contribution is 2.22. The number of aliphatic carboxylic acids is 1. The molecule has 0 aromatic heterocycles. The van der Waals surface area contributed by atoms with Crippen LogP contribution in [0.4, 0.5) is 0 Å². The molecule has 0 saturated carbocycles. The van der Waals surface area contributed by atoms with Crippen molar-refractivity contribution in [1.29, 1.82) is 0 Å². The van der Waals surface area contributed by atoms with Crippen molar-refractivity contribution in [3.63, 3.8) is 0 Å². The van der Waals surface area contributed by atoms with Gasteiger partial charge in [-0.3, -0.25) is 0 Å². The zero-order chi connectivity index (χ0) is 10.6. The largest absolute Gasteiger partial charge is 0.480 e. The molecule has 1 rings (SSSR count). The molecule has 0 radical (unpaired) electrons. The van der Waals surface area contributed by atoms with Crippen molar-refractivity contribution < 1.29 is 9.90 Å². The van der Waals surface area contributed by atoms with Crippen LogP contribution < -0.4 is 5.73 Å². The van der Waals surface area contributed by atoms with E-state index in [0.717, 1.165) is 0 Å². The van der Waals surface area contributed by atoms with Crippen molar-refractivity contribution in [3.8, 4) is 0 Å². The molecule has 0 fully saturated rings. The van der Waals surface area contributed by atoms with Crippen LogP contribution in [0.2, 0.25) is 0 Å². The van der Waals surface area contributed by atoms with Gasteiger partial charge < -0.3 is 10.8 Å². The van der Waals surface area contributed by atoms with E-state index in [1.165, 1.54) is 0 Å². The van der Waals surface area contributed by atoms with E-state index < -0.39 is 11.5 Å². The number of hydrogen-bond acceptors (Lipinski definition) is 2. The van der Waals surface area contributed by atoms with E-state index in [1.807, 2.05) is 6.07 Å². The van der Waals surface area contributed by atoms with Gasteiger partial charge in [0, 0.05) is 5.88 Å². The van der Waals surface area contributed by atoms with E-state index in [4.69, 9.17) is 22.4 Å². The molecule has 14 heavy (non-hydrogen) atoms. The maximum Gasteiger partial charge on any atom is 0.328 e. The molecule has 0 spiro atoms. The fraction of sp³-hybridized carbons (Fsp3) is 0.300. The smallest absolute Gasteiger partial charge is 0.328 e. The summed E-state index contributed by atoms with van der Waals surface area (Å²) in [6.07, 6.45) is 0.216. The lowest BCUT2D eigenvalue weighted by molar-refractivity contribution is -0.143. The molecule has 0 aliphatic carbocycles. The fourth-order valence-electron chi connectivity index (χ4n) is 1.26. The molecule has 0 heterocycles. The minimum absolute atomic E-state index is 0.216. The SMILES string of the molecule is NC(CCCl)(C(=O)O)c1ccccc1. The van der Waals surface area contributed by atoms with Crippen molar-refractivity contribution in [2.45, 2.75) is 12.0 Å². The first-order valence-corrected chi connectivity index (χ1v) is 4.78. The summed E-state index contributed by atoms with van der Waals surface area (Å²) in [6, 6.07) is 8.72. The van der Waals surface area contributed by atoms with E-state index >= 15 is 0 Å². The molecule has 0 saturated heterocycles. The lowest BCUT2D eigenvalue weighted by Crippen LogP contribution is -2.45. The Hall–Kier alpha value is -1.06. The summed E-state index contributed by atoms with van der Waals surface area (Å²) in [5, 5.41) is 9.03. The third kappa shape index (κ3) is 2.05. The molecule has 0 aliphatic rings. The average Bonchev–Trinajstić information content (AvgIpc) is 2.19. The number of rotatable bonds is 4. The lowest BCUT2D eigenvalue weighted by Gasteiger charge is -2.24. The number of carboxylic acid groups (broad SMARTS) is 1. The Morgan fingerprint density at radius 2 is 2.00 bits per heavy atom. The summed E-state index contributed by atoms with van der Waals surface area (Å²) in [4.78, 5) is 11.0. The average molecular weight is 214 g/mol. The second-order valence-corrected chi connectivity index (χ2v) is 3.46. The molecule has 3 N–H and O–H groups in total. The van der Waals surface area contributed by atoms with Crippen molar-refractivity contribution in [1.82, 2.24) is 0 Å². The van der Waals surface area contributed by atoms with Crippen molar-refractivity contribution in [2.75, 3.05) is 5.88 Å². The zero-order valence-corrected chi connectivity index (χ0v) is 8.37. The Labute approximate surface area is 87.5 Å². The third-order valence-corrected chi connectivity index (χ3v) is 2.35. The van der Waals surface area contributed by atoms with Crippen LogP contribution in [0, 0.1) is 0 Å². The summed E-state index contributed by atoms with van der Waals surface area (Å²) in [6.45, 7) is 0. The highest BCUT2D eigenvalue weighted by Gasteiger charge is 2.34. The molecule has 3 nitrogen and oxygen atoms in total. The first-order valence-electron chi connectivity index (χ1n) is 4.25. The zero-order valence-electron chi connectivity index (χ0n) is 7.61. The maximum absolute atomic E-state index is 11.0. The number of halogens is 1. The van der Waals surface area contributed by atoms with Gasteiger partial charge in [0.25, 0.3) is 0 Å². The van der Waals surface area contributed by atoms with Crippen LogP contribution in [-0.4, -0.2) is 17.0 Å². The van der Waals surface area contributed by atoms with E-state index in [-0.39, 0.29) is 12.3 Å². The predicted octanol–water partition coefficient (Wildman–Crippen LogP) is 1.55. The summed E-state index contributed by atoms with van der Waals surface area (Å²) in [5.41, 5.74) is 4.99. The summed E-state index contributed by atoms with van der Waals surface area (Å²) >= 11 is 5.54. The standard InChI is InChI=1S/C10H12ClNO2/c11-7-6-10(12,9(13)14)8-4-2-1-3-5-8/h1-5H,6-7,12H2,(H,13,14). The molecule has 0 amide bonds.